The molecule has 0 aromatic rings. The van der Waals surface area contributed by atoms with Crippen LogP contribution in [0, 0.1) is 0 Å². The molecule has 11 heteroatoms. The molecule has 0 spiro atoms. The first kappa shape index (κ1) is 29.2. The van der Waals surface area contributed by atoms with E-state index < -0.39 is 7.82 Å². The van der Waals surface area contributed by atoms with Gasteiger partial charge in [0.25, 0.3) is 0 Å². The van der Waals surface area contributed by atoms with Crippen molar-refractivity contribution in [2.75, 3.05) is 0 Å². The smallest absolute Gasteiger partial charge is 0 e. The quantitative estimate of drug-likeness (QED) is 0.398. The first-order valence-electron chi connectivity index (χ1n) is 1.09. The van der Waals surface area contributed by atoms with Crippen LogP contribution < -0.4 is 0 Å². The molecule has 0 bridgehead atoms. The van der Waals surface area contributed by atoms with Crippen LogP contribution in [0.1, 0.15) is 0 Å². The van der Waals surface area contributed by atoms with E-state index in [1.54, 1.807) is 0 Å². The van der Waals surface area contributed by atoms with Gasteiger partial charge in [-0.05, 0) is 9.05 Å². The zero-order valence-electron chi connectivity index (χ0n) is 4.26. The minimum atomic E-state index is -4.64. The van der Waals surface area contributed by atoms with E-state index in [4.69, 9.17) is 28.3 Å². The van der Waals surface area contributed by atoms with E-state index in [0.717, 1.165) is 0 Å². The van der Waals surface area contributed by atoms with Gasteiger partial charge in [0.05, 0.1) is 0 Å². The van der Waals surface area contributed by atoms with Crippen molar-refractivity contribution in [2.24, 2.45) is 0 Å². The van der Waals surface area contributed by atoms with Gasteiger partial charge in [-0.25, -0.2) is 4.57 Å². The fourth-order valence-corrected chi connectivity index (χ4v) is 0. The third-order valence-electron chi connectivity index (χ3n) is 0. The van der Waals surface area contributed by atoms with E-state index in [-0.39, 0.29) is 66.7 Å². The molecule has 0 unspecified atom stereocenters. The molecule has 0 atom stereocenters. The molecule has 0 aromatic carbocycles. The summed E-state index contributed by atoms with van der Waals surface area (Å²) in [5.41, 5.74) is 0. The Morgan fingerprint density at radius 3 is 1.09 bits per heavy atom. The van der Waals surface area contributed by atoms with Crippen LogP contribution >= 0.6 is 7.82 Å². The molecule has 0 aliphatic heterocycles. The summed E-state index contributed by atoms with van der Waals surface area (Å²) < 4.78 is 27.1. The molecule has 3 N–H and O–H groups in total. The Kier molecular flexibility index (Phi) is 47.8. The molecule has 0 aliphatic rings. The van der Waals surface area contributed by atoms with Crippen LogP contribution in [0.2, 0.25) is 0 Å². The normalized spacial score (nSPS) is 7.00. The summed E-state index contributed by atoms with van der Waals surface area (Å²) in [6.07, 6.45) is 0. The summed E-state index contributed by atoms with van der Waals surface area (Å²) in [5, 5.41) is 1.25. The molecular weight excluding hydrogens is 274 g/mol. The van der Waals surface area contributed by atoms with Crippen LogP contribution in [-0.2, 0) is 46.8 Å². The van der Waals surface area contributed by atoms with Gasteiger partial charge in [-0.15, -0.1) is 0 Å². The van der Waals surface area contributed by atoms with E-state index in [0.29, 0.717) is 0 Å². The Balaban J connectivity index is -0.0000000183. The van der Waals surface area contributed by atoms with Crippen molar-refractivity contribution in [1.82, 2.24) is 0 Å². The number of hydrogen-bond donors (Lipinski definition) is 3. The summed E-state index contributed by atoms with van der Waals surface area (Å²) >= 11 is 0. The van der Waals surface area contributed by atoms with Crippen molar-refractivity contribution in [3.8, 4) is 0 Å². The van der Waals surface area contributed by atoms with Crippen LogP contribution in [0.4, 0.5) is 9.05 Å². The Hall–Kier alpha value is 2.10. The van der Waals surface area contributed by atoms with Crippen LogP contribution in [-0.4, -0.2) is 44.2 Å². The molecule has 0 aliphatic carbocycles. The average Bonchev–Trinajstić information content (AvgIpc) is 1.27. The second-order valence-electron chi connectivity index (χ2n) is 0.572. The van der Waals surface area contributed by atoms with Crippen molar-refractivity contribution in [2.45, 2.75) is 0 Å². The first-order chi connectivity index (χ1) is 3.41. The van der Waals surface area contributed by atoms with Gasteiger partial charge in [-0.1, -0.05) is 0 Å². The molecule has 2 radical (unpaired) electrons. The summed E-state index contributed by atoms with van der Waals surface area (Å²) in [7, 11) is -4.64. The van der Waals surface area contributed by atoms with E-state index in [1.807, 2.05) is 0 Å². The standard InChI is InChI=1S/F2O.Na.H3O4P.2V.H/c1-3-2;;1-5(2,3)4;;;/h;;(H3,1,2,3,4);;;. The summed E-state index contributed by atoms with van der Waals surface area (Å²) in [4.78, 5) is 21.6. The van der Waals surface area contributed by atoms with Gasteiger partial charge in [0.2, 0.25) is 0 Å². The molecule has 0 rings (SSSR count). The molecule has 0 saturated heterocycles. The van der Waals surface area contributed by atoms with Crippen molar-refractivity contribution in [1.29, 1.82) is 0 Å². The zero-order chi connectivity index (χ0) is 7.21. The molecule has 64 valence electrons. The number of phosphoric acid groups is 1. The van der Waals surface area contributed by atoms with Gasteiger partial charge in [0, 0.05) is 42.3 Å². The SMILES string of the molecule is FOF.O=P(O)(O)O.[NaH].[V].[V]. The van der Waals surface area contributed by atoms with E-state index in [2.05, 4.69) is 0 Å². The van der Waals surface area contributed by atoms with E-state index >= 15 is 0 Å². The predicted molar refractivity (Wildman–Crippen MR) is 24.7 cm³/mol. The molecule has 0 amide bonds. The number of hydrogen-bond acceptors (Lipinski definition) is 2. The van der Waals surface area contributed by atoms with Crippen LogP contribution in [0.5, 0.6) is 0 Å². The van der Waals surface area contributed by atoms with E-state index in [9.17, 15) is 0 Å². The second-order valence-corrected chi connectivity index (χ2v) is 1.60. The Morgan fingerprint density at radius 1 is 1.09 bits per heavy atom. The van der Waals surface area contributed by atoms with Gasteiger partial charge >= 0.3 is 37.4 Å². The first-order valence-corrected chi connectivity index (χ1v) is 2.66. The van der Waals surface area contributed by atoms with E-state index in [1.165, 1.54) is 5.15 Å². The van der Waals surface area contributed by atoms with Crippen molar-refractivity contribution in [3.63, 3.8) is 0 Å². The second kappa shape index (κ2) is 18.0. The predicted octanol–water partition coefficient (Wildman–Crippen LogP) is -0.810. The molecule has 0 saturated carbocycles. The topological polar surface area (TPSA) is 87.0 Å². The monoisotopic (exact) mass is 278 g/mol. The maximum atomic E-state index is 9.12. The minimum Gasteiger partial charge on any atom is 0 e. The van der Waals surface area contributed by atoms with Gasteiger partial charge in [-0.2, -0.15) is 0 Å². The largest absolute Gasteiger partial charge is 0 e. The number of halogens is 2. The van der Waals surface area contributed by atoms with Gasteiger partial charge < -0.3 is 14.7 Å². The Morgan fingerprint density at radius 2 is 1.09 bits per heavy atom. The third kappa shape index (κ3) is 280. The van der Waals surface area contributed by atoms with Crippen LogP contribution in [0.3, 0.4) is 0 Å². The fourth-order valence-electron chi connectivity index (χ4n) is 0. The summed E-state index contributed by atoms with van der Waals surface area (Å²) in [5.74, 6) is 0. The van der Waals surface area contributed by atoms with Crippen molar-refractivity contribution >= 4 is 37.4 Å². The van der Waals surface area contributed by atoms with Crippen molar-refractivity contribution < 1.29 is 70.6 Å². The molecule has 0 heterocycles. The maximum Gasteiger partial charge on any atom is 0 e. The van der Waals surface area contributed by atoms with Crippen molar-refractivity contribution in [3.05, 3.63) is 0 Å². The zero-order valence-corrected chi connectivity index (χ0v) is 7.94. The fraction of sp³-hybridized carbons (Fsp3) is 0. The minimum absolute atomic E-state index is 0. The Bertz CT molecular complexity index is 78.3. The van der Waals surface area contributed by atoms with Gasteiger partial charge in [0.15, 0.2) is 0 Å². The maximum absolute atomic E-state index is 9.12. The van der Waals surface area contributed by atoms with Gasteiger partial charge in [-0.3, -0.25) is 0 Å². The number of rotatable bonds is 0. The molecular formula is H4F2NaO5PV2. The molecule has 5 nitrogen and oxygen atoms in total. The average molecular weight is 278 g/mol. The Labute approximate surface area is 107 Å². The summed E-state index contributed by atoms with van der Waals surface area (Å²) in [6, 6.07) is 0. The van der Waals surface area contributed by atoms with Crippen LogP contribution in [0.15, 0.2) is 0 Å². The molecule has 11 heavy (non-hydrogen) atoms. The molecule has 0 fully saturated rings. The summed E-state index contributed by atoms with van der Waals surface area (Å²) in [6.45, 7) is 0. The van der Waals surface area contributed by atoms with Crippen LogP contribution in [0.25, 0.3) is 0 Å². The van der Waals surface area contributed by atoms with Gasteiger partial charge in [0.1, 0.15) is 0 Å². The third-order valence-corrected chi connectivity index (χ3v) is 0. The molecule has 0 aromatic heterocycles.